The molecule has 0 radical (unpaired) electrons. The summed E-state index contributed by atoms with van der Waals surface area (Å²) in [6, 6.07) is -2.35. The zero-order valence-corrected chi connectivity index (χ0v) is 14.6. The average Bonchev–Trinajstić information content (AvgIpc) is 2.50. The summed E-state index contributed by atoms with van der Waals surface area (Å²) in [6.07, 6.45) is -4.70. The molecule has 0 bridgehead atoms. The number of rotatable bonds is 4. The van der Waals surface area contributed by atoms with Gasteiger partial charge in [0.15, 0.2) is 5.96 Å². The molecule has 15 heteroatoms. The van der Waals surface area contributed by atoms with Crippen molar-refractivity contribution in [3.63, 3.8) is 0 Å². The lowest BCUT2D eigenvalue weighted by Crippen LogP contribution is -2.70. The third-order valence-electron chi connectivity index (χ3n) is 3.65. The predicted octanol–water partition coefficient (Wildman–Crippen LogP) is -5.19. The van der Waals surface area contributed by atoms with Crippen LogP contribution in [0.1, 0.15) is 0 Å². The molecule has 1 aliphatic rings. The zero-order chi connectivity index (χ0) is 20.8. The average molecular weight is 404 g/mol. The van der Waals surface area contributed by atoms with Crippen LogP contribution in [0.2, 0.25) is 0 Å². The lowest BCUT2D eigenvalue weighted by Gasteiger charge is -2.48. The van der Waals surface area contributed by atoms with Gasteiger partial charge in [-0.1, -0.05) is 0 Å². The first-order valence-electron chi connectivity index (χ1n) is 7.08. The van der Waals surface area contributed by atoms with Crippen molar-refractivity contribution in [1.29, 1.82) is 5.41 Å². The number of nitrogens with one attached hydrogen (secondary N) is 1. The Labute approximate surface area is 149 Å². The van der Waals surface area contributed by atoms with Crippen molar-refractivity contribution < 1.29 is 47.9 Å². The molecule has 0 aromatic heterocycles. The molecule has 1 amide bonds. The largest absolute Gasteiger partial charge is 0.394 e. The minimum atomic E-state index is -4.67. The van der Waals surface area contributed by atoms with Crippen LogP contribution in [0.4, 0.5) is 0 Å². The number of hydrogen-bond donors (Lipinski definition) is 9. The smallest absolute Gasteiger partial charge is 0.394 e. The van der Waals surface area contributed by atoms with Gasteiger partial charge < -0.3 is 41.1 Å². The van der Waals surface area contributed by atoms with E-state index in [-0.39, 0.29) is 12.5 Å². The second-order valence-corrected chi connectivity index (χ2v) is 6.36. The van der Waals surface area contributed by atoms with Gasteiger partial charge in [0.05, 0.1) is 31.8 Å². The van der Waals surface area contributed by atoms with Crippen LogP contribution < -0.4 is 5.73 Å². The molecule has 1 unspecified atom stereocenters. The second-order valence-electron chi connectivity index (χ2n) is 5.46. The molecule has 1 saturated heterocycles. The van der Waals surface area contributed by atoms with Crippen molar-refractivity contribution in [2.24, 2.45) is 5.73 Å². The molecule has 14 nitrogen and oxygen atoms in total. The summed E-state index contributed by atoms with van der Waals surface area (Å²) in [6.45, 7) is -1.65. The molecule has 0 aromatic rings. The highest BCUT2D eigenvalue weighted by atomic mass is 32.3. The van der Waals surface area contributed by atoms with Gasteiger partial charge in [-0.3, -0.25) is 19.3 Å². The fourth-order valence-corrected chi connectivity index (χ4v) is 2.36. The second kappa shape index (κ2) is 9.93. The molecule has 0 saturated carbocycles. The summed E-state index contributed by atoms with van der Waals surface area (Å²) < 4.78 is 31.6. The van der Waals surface area contributed by atoms with Crippen LogP contribution in [-0.4, -0.2) is 122 Å². The van der Waals surface area contributed by atoms with Crippen LogP contribution in [0.5, 0.6) is 0 Å². The molecule has 1 fully saturated rings. The number of carbonyl (C=O) groups is 1. The quantitative estimate of drug-likeness (QED) is 0.121. The Morgan fingerprint density at radius 2 is 1.42 bits per heavy atom. The van der Waals surface area contributed by atoms with Crippen molar-refractivity contribution in [3.8, 4) is 0 Å². The topological polar surface area (TPSA) is 249 Å². The number of aliphatic hydroxyl groups excluding tert-OH is 5. The van der Waals surface area contributed by atoms with Gasteiger partial charge in [0, 0.05) is 7.05 Å². The van der Waals surface area contributed by atoms with E-state index < -0.39 is 59.9 Å². The summed E-state index contributed by atoms with van der Waals surface area (Å²) in [5, 5.41) is 55.3. The van der Waals surface area contributed by atoms with E-state index in [4.69, 9.17) is 28.7 Å². The number of carbonyl (C=O) groups excluding carboxylic acids is 1. The van der Waals surface area contributed by atoms with Crippen LogP contribution in [0.3, 0.4) is 0 Å². The van der Waals surface area contributed by atoms with E-state index in [1.165, 1.54) is 7.05 Å². The number of aliphatic hydroxyl groups is 5. The lowest BCUT2D eigenvalue weighted by molar-refractivity contribution is -0.187. The third kappa shape index (κ3) is 6.96. The van der Waals surface area contributed by atoms with Crippen LogP contribution in [0.15, 0.2) is 0 Å². The zero-order valence-electron chi connectivity index (χ0n) is 13.7. The minimum absolute atomic E-state index is 0.335. The van der Waals surface area contributed by atoms with E-state index >= 15 is 0 Å². The maximum Gasteiger partial charge on any atom is 0.394 e. The summed E-state index contributed by atoms with van der Waals surface area (Å²) in [5.41, 5.74) is 5.23. The maximum absolute atomic E-state index is 12.3. The normalized spacial score (nSPS) is 28.8. The molecule has 26 heavy (non-hydrogen) atoms. The number of hydrogen-bond acceptors (Lipinski definition) is 9. The number of nitrogens with two attached hydrogens (primary N) is 1. The molecule has 0 aliphatic carbocycles. The number of guanidine groups is 1. The molecule has 0 spiro atoms. The monoisotopic (exact) mass is 404 g/mol. The van der Waals surface area contributed by atoms with Gasteiger partial charge in [0.1, 0.15) is 18.3 Å². The molecule has 1 aliphatic heterocycles. The Morgan fingerprint density at radius 3 is 1.69 bits per heavy atom. The van der Waals surface area contributed by atoms with E-state index in [1.54, 1.807) is 0 Å². The number of piperidine rings is 1. The van der Waals surface area contributed by atoms with Crippen LogP contribution >= 0.6 is 0 Å². The SMILES string of the molecule is CN(CC(=O)N1[C@H](CO)[C@H](O)C(O)[C@H](O)[C@H]1CO)C(=N)N.O=S(=O)(O)O. The van der Waals surface area contributed by atoms with Crippen LogP contribution in [0.25, 0.3) is 0 Å². The molecule has 5 atom stereocenters. The Kier molecular flexibility index (Phi) is 9.32. The van der Waals surface area contributed by atoms with Crippen molar-refractivity contribution in [1.82, 2.24) is 9.80 Å². The number of likely N-dealkylation sites (N-methyl/N-ethyl adjacent to an activating group) is 1. The number of nitrogens with zero attached hydrogens (tertiary/aromatic N) is 2. The summed E-state index contributed by atoms with van der Waals surface area (Å²) in [7, 11) is -3.27. The summed E-state index contributed by atoms with van der Waals surface area (Å²) in [5.74, 6) is -1.02. The van der Waals surface area contributed by atoms with Crippen molar-refractivity contribution in [2.75, 3.05) is 26.8 Å². The van der Waals surface area contributed by atoms with E-state index in [0.717, 1.165) is 9.80 Å². The number of amides is 1. The Balaban J connectivity index is 0.00000110. The standard InChI is InChI=1S/C11H22N4O6.H2O4S/c1-14(11(12)13)2-7(18)15-5(3-16)8(19)10(21)9(20)6(15)4-17;1-5(2,3)4/h5-6,8-10,16-17,19-21H,2-4H2,1H3,(H3,12,13);(H2,1,2,3,4)/t5-,6-,8-,9+,10?;/m1./s1. The third-order valence-corrected chi connectivity index (χ3v) is 3.65. The molecule has 10 N–H and O–H groups in total. The van der Waals surface area contributed by atoms with Gasteiger partial charge >= 0.3 is 10.4 Å². The maximum atomic E-state index is 12.3. The molecular weight excluding hydrogens is 380 g/mol. The lowest BCUT2D eigenvalue weighted by atomic mass is 9.88. The van der Waals surface area contributed by atoms with Gasteiger partial charge in [-0.15, -0.1) is 0 Å². The first kappa shape index (κ1) is 24.4. The Bertz CT molecular complexity index is 562. The van der Waals surface area contributed by atoms with Crippen LogP contribution in [0, 0.1) is 5.41 Å². The van der Waals surface area contributed by atoms with E-state index in [0.29, 0.717) is 0 Å². The van der Waals surface area contributed by atoms with Crippen LogP contribution in [-0.2, 0) is 15.2 Å². The van der Waals surface area contributed by atoms with E-state index in [1.807, 2.05) is 0 Å². The van der Waals surface area contributed by atoms with E-state index in [9.17, 15) is 30.3 Å². The summed E-state index contributed by atoms with van der Waals surface area (Å²) in [4.78, 5) is 14.3. The number of likely N-dealkylation sites (tertiary alicyclic amines) is 1. The van der Waals surface area contributed by atoms with E-state index in [2.05, 4.69) is 0 Å². The first-order valence-corrected chi connectivity index (χ1v) is 8.48. The van der Waals surface area contributed by atoms with Gasteiger partial charge in [-0.2, -0.15) is 8.42 Å². The molecule has 0 aromatic carbocycles. The van der Waals surface area contributed by atoms with Crippen molar-refractivity contribution in [2.45, 2.75) is 30.4 Å². The first-order chi connectivity index (χ1) is 11.8. The highest BCUT2D eigenvalue weighted by Crippen LogP contribution is 2.24. The highest BCUT2D eigenvalue weighted by Gasteiger charge is 2.49. The Morgan fingerprint density at radius 1 is 1.08 bits per heavy atom. The molecule has 154 valence electrons. The van der Waals surface area contributed by atoms with Crippen molar-refractivity contribution in [3.05, 3.63) is 0 Å². The highest BCUT2D eigenvalue weighted by molar-refractivity contribution is 7.79. The summed E-state index contributed by atoms with van der Waals surface area (Å²) >= 11 is 0. The Hall–Kier alpha value is -1.59. The predicted molar refractivity (Wildman–Crippen MR) is 85.3 cm³/mol. The fourth-order valence-electron chi connectivity index (χ4n) is 2.36. The van der Waals surface area contributed by atoms with Gasteiger partial charge in [0.25, 0.3) is 0 Å². The molecule has 1 rings (SSSR count). The minimum Gasteiger partial charge on any atom is -0.394 e. The van der Waals surface area contributed by atoms with Gasteiger partial charge in [-0.25, -0.2) is 0 Å². The molecule has 1 heterocycles. The fraction of sp³-hybridized carbons (Fsp3) is 0.818. The van der Waals surface area contributed by atoms with Gasteiger partial charge in [0.2, 0.25) is 5.91 Å². The molecular formula is C11H24N4O10S. The van der Waals surface area contributed by atoms with Gasteiger partial charge in [-0.05, 0) is 0 Å². The van der Waals surface area contributed by atoms with Crippen molar-refractivity contribution >= 4 is 22.3 Å².